The fraction of sp³-hybridized carbons (Fsp3) is 0.350. The van der Waals surface area contributed by atoms with Crippen LogP contribution >= 0.6 is 0 Å². The number of methoxy groups -OCH3 is 1. The van der Waals surface area contributed by atoms with Crippen LogP contribution in [0.25, 0.3) is 0 Å². The van der Waals surface area contributed by atoms with Gasteiger partial charge in [0.25, 0.3) is 0 Å². The van der Waals surface area contributed by atoms with Crippen LogP contribution < -0.4 is 9.47 Å². The highest BCUT2D eigenvalue weighted by Gasteiger charge is 2.35. The Hall–Kier alpha value is -2.70. The van der Waals surface area contributed by atoms with Gasteiger partial charge in [0.2, 0.25) is 0 Å². The highest BCUT2D eigenvalue weighted by Crippen LogP contribution is 2.39. The van der Waals surface area contributed by atoms with E-state index in [1.807, 2.05) is 0 Å². The van der Waals surface area contributed by atoms with Gasteiger partial charge in [-0.15, -0.1) is 0 Å². The van der Waals surface area contributed by atoms with Gasteiger partial charge >= 0.3 is 12.3 Å². The fourth-order valence-corrected chi connectivity index (χ4v) is 2.69. The Morgan fingerprint density at radius 2 is 1.78 bits per heavy atom. The Kier molecular flexibility index (Phi) is 6.36. The van der Waals surface area contributed by atoms with Crippen LogP contribution in [0.5, 0.6) is 11.5 Å². The van der Waals surface area contributed by atoms with Gasteiger partial charge in [-0.3, -0.25) is 0 Å². The van der Waals surface area contributed by atoms with Gasteiger partial charge in [-0.2, -0.15) is 13.2 Å². The average molecular weight is 382 g/mol. The quantitative estimate of drug-likeness (QED) is 0.498. The molecule has 0 aliphatic heterocycles. The van der Waals surface area contributed by atoms with Crippen LogP contribution in [0.2, 0.25) is 0 Å². The summed E-state index contributed by atoms with van der Waals surface area (Å²) in [4.78, 5) is 11.4. The van der Waals surface area contributed by atoms with E-state index in [4.69, 9.17) is 9.47 Å². The molecule has 0 N–H and O–H groups in total. The highest BCUT2D eigenvalue weighted by molar-refractivity contribution is 5.64. The summed E-state index contributed by atoms with van der Waals surface area (Å²) in [6, 6.07) is 7.45. The minimum Gasteiger partial charge on any atom is -0.488 e. The Morgan fingerprint density at radius 3 is 2.37 bits per heavy atom. The number of benzene rings is 2. The number of alkyl halides is 3. The number of hydrogen-bond acceptors (Lipinski definition) is 4. The number of hydrogen-bond donors (Lipinski definition) is 0. The molecule has 0 aromatic heterocycles. The number of ether oxygens (including phenoxy) is 3. The van der Waals surface area contributed by atoms with Crippen molar-refractivity contribution >= 4 is 6.16 Å². The number of halogens is 3. The second-order valence-corrected chi connectivity index (χ2v) is 6.02. The molecular weight excluding hydrogens is 361 g/mol. The van der Waals surface area contributed by atoms with Crippen molar-refractivity contribution in [3.8, 4) is 11.5 Å². The van der Waals surface area contributed by atoms with Crippen molar-refractivity contribution in [3.63, 3.8) is 0 Å². The molecule has 0 fully saturated rings. The molecule has 0 aliphatic rings. The first-order valence-corrected chi connectivity index (χ1v) is 8.35. The van der Waals surface area contributed by atoms with Gasteiger partial charge in [0.15, 0.2) is 0 Å². The van der Waals surface area contributed by atoms with Crippen molar-refractivity contribution < 1.29 is 32.2 Å². The molecule has 0 heterocycles. The molecule has 0 unspecified atom stereocenters. The van der Waals surface area contributed by atoms with Crippen LogP contribution in [0.4, 0.5) is 18.0 Å². The molecule has 0 amide bonds. The summed E-state index contributed by atoms with van der Waals surface area (Å²) in [6.45, 7) is 5.10. The summed E-state index contributed by atoms with van der Waals surface area (Å²) >= 11 is 0. The number of carbonyl (C=O) groups excluding carboxylic acids is 1. The van der Waals surface area contributed by atoms with E-state index in [0.717, 1.165) is 11.6 Å². The molecular formula is C20H21F3O4. The fourth-order valence-electron chi connectivity index (χ4n) is 2.69. The predicted octanol–water partition coefficient (Wildman–Crippen LogP) is 5.61. The zero-order valence-corrected chi connectivity index (χ0v) is 15.6. The van der Waals surface area contributed by atoms with Crippen LogP contribution in [0.3, 0.4) is 0 Å². The summed E-state index contributed by atoms with van der Waals surface area (Å²) < 4.78 is 55.3. The van der Waals surface area contributed by atoms with Gasteiger partial charge in [-0.1, -0.05) is 19.1 Å². The summed E-state index contributed by atoms with van der Waals surface area (Å²) in [5, 5.41) is 0. The summed E-state index contributed by atoms with van der Waals surface area (Å²) in [5.41, 5.74) is 1.69. The number of aryl methyl sites for hydroxylation is 3. The zero-order valence-electron chi connectivity index (χ0n) is 15.6. The number of rotatable bonds is 5. The smallest absolute Gasteiger partial charge is 0.488 e. The molecule has 4 nitrogen and oxygen atoms in total. The van der Waals surface area contributed by atoms with Crippen molar-refractivity contribution in [1.82, 2.24) is 0 Å². The third-order valence-electron chi connectivity index (χ3n) is 4.22. The minimum absolute atomic E-state index is 0.178. The SMILES string of the molecule is CCc1cc(C(F)(F)F)c(OCc2c(C)cccc2OC(=O)OC)cc1C. The van der Waals surface area contributed by atoms with E-state index < -0.39 is 17.9 Å². The standard InChI is InChI=1S/C20H21F3O4/c1-5-14-10-16(20(21,22)23)18(9-13(14)3)26-11-15-12(2)7-6-8-17(15)27-19(24)25-4/h6-10H,5,11H2,1-4H3. The molecule has 7 heteroatoms. The van der Waals surface area contributed by atoms with Crippen molar-refractivity contribution in [1.29, 1.82) is 0 Å². The molecule has 0 saturated carbocycles. The Labute approximate surface area is 155 Å². The van der Waals surface area contributed by atoms with E-state index in [-0.39, 0.29) is 18.1 Å². The van der Waals surface area contributed by atoms with Crippen molar-refractivity contribution in [2.45, 2.75) is 40.0 Å². The van der Waals surface area contributed by atoms with Crippen LogP contribution in [-0.4, -0.2) is 13.3 Å². The molecule has 0 spiro atoms. The molecule has 0 saturated heterocycles. The first-order chi connectivity index (χ1) is 12.7. The first-order valence-electron chi connectivity index (χ1n) is 8.35. The molecule has 2 rings (SSSR count). The van der Waals surface area contributed by atoms with Crippen LogP contribution in [0.1, 0.15) is 34.7 Å². The highest BCUT2D eigenvalue weighted by atomic mass is 19.4. The topological polar surface area (TPSA) is 44.8 Å². The van der Waals surface area contributed by atoms with E-state index in [1.54, 1.807) is 32.9 Å². The summed E-state index contributed by atoms with van der Waals surface area (Å²) in [6.07, 6.45) is -4.96. The third kappa shape index (κ3) is 4.93. The van der Waals surface area contributed by atoms with Gasteiger partial charge in [0.1, 0.15) is 18.1 Å². The first kappa shape index (κ1) is 20.6. The lowest BCUT2D eigenvalue weighted by molar-refractivity contribution is -0.139. The Morgan fingerprint density at radius 1 is 1.07 bits per heavy atom. The Bertz CT molecular complexity index is 829. The van der Waals surface area contributed by atoms with E-state index in [0.29, 0.717) is 23.1 Å². The maximum atomic E-state index is 13.4. The summed E-state index contributed by atoms with van der Waals surface area (Å²) in [5.74, 6) is -0.0817. The lowest BCUT2D eigenvalue weighted by Gasteiger charge is -2.18. The molecule has 2 aromatic rings. The van der Waals surface area contributed by atoms with Crippen molar-refractivity contribution in [3.05, 3.63) is 58.1 Å². The van der Waals surface area contributed by atoms with Gasteiger partial charge < -0.3 is 14.2 Å². The molecule has 0 bridgehead atoms. The van der Waals surface area contributed by atoms with Gasteiger partial charge in [-0.25, -0.2) is 4.79 Å². The van der Waals surface area contributed by atoms with Crippen LogP contribution in [-0.2, 0) is 23.9 Å². The molecule has 2 aromatic carbocycles. The third-order valence-corrected chi connectivity index (χ3v) is 4.22. The van der Waals surface area contributed by atoms with Gasteiger partial charge in [0, 0.05) is 5.56 Å². The van der Waals surface area contributed by atoms with E-state index in [1.165, 1.54) is 19.2 Å². The van der Waals surface area contributed by atoms with Crippen LogP contribution in [0, 0.1) is 13.8 Å². The van der Waals surface area contributed by atoms with Crippen molar-refractivity contribution in [2.24, 2.45) is 0 Å². The maximum absolute atomic E-state index is 13.4. The second kappa shape index (κ2) is 8.33. The molecule has 0 aliphatic carbocycles. The van der Waals surface area contributed by atoms with E-state index >= 15 is 0 Å². The lowest BCUT2D eigenvalue weighted by atomic mass is 10.0. The molecule has 146 valence electrons. The van der Waals surface area contributed by atoms with E-state index in [2.05, 4.69) is 4.74 Å². The monoisotopic (exact) mass is 382 g/mol. The van der Waals surface area contributed by atoms with Gasteiger partial charge in [0.05, 0.1) is 12.7 Å². The molecule has 27 heavy (non-hydrogen) atoms. The Balaban J connectivity index is 2.37. The average Bonchev–Trinajstić information content (AvgIpc) is 2.60. The van der Waals surface area contributed by atoms with Gasteiger partial charge in [-0.05, 0) is 55.2 Å². The van der Waals surface area contributed by atoms with Crippen LogP contribution in [0.15, 0.2) is 30.3 Å². The largest absolute Gasteiger partial charge is 0.513 e. The molecule has 0 atom stereocenters. The lowest BCUT2D eigenvalue weighted by Crippen LogP contribution is -2.13. The number of carbonyl (C=O) groups is 1. The minimum atomic E-state index is -4.54. The predicted molar refractivity (Wildman–Crippen MR) is 94.1 cm³/mol. The zero-order chi connectivity index (χ0) is 20.2. The molecule has 0 radical (unpaired) electrons. The van der Waals surface area contributed by atoms with E-state index in [9.17, 15) is 18.0 Å². The second-order valence-electron chi connectivity index (χ2n) is 6.02. The van der Waals surface area contributed by atoms with Crippen molar-refractivity contribution in [2.75, 3.05) is 7.11 Å². The maximum Gasteiger partial charge on any atom is 0.513 e. The normalized spacial score (nSPS) is 11.2. The summed E-state index contributed by atoms with van der Waals surface area (Å²) in [7, 11) is 1.17.